The molecule has 31 heteroatoms. The van der Waals surface area contributed by atoms with Crippen LogP contribution < -0.4 is 37.4 Å². The van der Waals surface area contributed by atoms with Crippen molar-refractivity contribution in [3.63, 3.8) is 0 Å². The third-order valence-corrected chi connectivity index (χ3v) is 51.7. The van der Waals surface area contributed by atoms with Crippen LogP contribution in [0.4, 0.5) is 27.0 Å². The van der Waals surface area contributed by atoms with Crippen molar-refractivity contribution in [2.24, 2.45) is 0 Å². The minimum Gasteiger partial charge on any atom is -1.00 e. The first-order chi connectivity index (χ1) is 58.4. The van der Waals surface area contributed by atoms with Gasteiger partial charge in [-0.3, -0.25) is 28.2 Å². The van der Waals surface area contributed by atoms with Crippen molar-refractivity contribution < 1.29 is 31.5 Å². The number of nitrogens with one attached hydrogen (secondary N) is 4. The van der Waals surface area contributed by atoms with Crippen LogP contribution in [0.1, 0.15) is 213 Å². The van der Waals surface area contributed by atoms with Crippen molar-refractivity contribution in [2.45, 2.75) is 268 Å². The number of piperidine rings is 3. The Kier molecular flexibility index (Phi) is 47.4. The summed E-state index contributed by atoms with van der Waals surface area (Å²) < 4.78 is 30.8. The molecule has 0 aromatic carbocycles. The molecule has 0 aliphatic carbocycles. The normalized spacial score (nSPS) is 15.2. The molecular weight excluding hydrogens is 1900 g/mol. The van der Waals surface area contributed by atoms with Crippen LogP contribution in [0.15, 0.2) is 164 Å². The summed E-state index contributed by atoms with van der Waals surface area (Å²) in [5, 5.41) is 13.9. The number of amides is 2. The number of carbonyl (C=O) groups is 2. The van der Waals surface area contributed by atoms with Gasteiger partial charge in [0.1, 0.15) is 66.7 Å². The van der Waals surface area contributed by atoms with E-state index in [0.717, 1.165) is 101 Å². The molecule has 2 amide bonds. The van der Waals surface area contributed by atoms with Crippen LogP contribution in [-0.4, -0.2) is 217 Å². The van der Waals surface area contributed by atoms with Crippen LogP contribution in [0.3, 0.4) is 0 Å². The number of fused-ring (bicyclic) bond motifs is 4. The van der Waals surface area contributed by atoms with E-state index in [1.807, 2.05) is 154 Å². The molecular formula is C92H136BrCl3MgN20O4Sn2. The minimum atomic E-state index is -2.34. The number of nitrogens with zero attached hydrogens (tertiary/aromatic N) is 16. The van der Waals surface area contributed by atoms with Gasteiger partial charge >= 0.3 is 274 Å². The maximum absolute atomic E-state index is 12.4. The largest absolute Gasteiger partial charge is 2.00 e. The van der Waals surface area contributed by atoms with Crippen LogP contribution in [0, 0.1) is 6.42 Å². The molecule has 11 aromatic heterocycles. The summed E-state index contributed by atoms with van der Waals surface area (Å²) in [6.45, 7) is 33.8. The number of hydrogen-bond acceptors (Lipinski definition) is 18. The second-order valence-electron chi connectivity index (χ2n) is 33.7. The van der Waals surface area contributed by atoms with E-state index in [1.54, 1.807) is 56.9 Å². The molecule has 24 nitrogen and oxygen atoms in total. The van der Waals surface area contributed by atoms with Crippen molar-refractivity contribution in [3.05, 3.63) is 176 Å². The van der Waals surface area contributed by atoms with E-state index in [1.165, 1.54) is 116 Å². The van der Waals surface area contributed by atoms with Crippen LogP contribution in [0.5, 0.6) is 0 Å². The Morgan fingerprint density at radius 2 is 0.862 bits per heavy atom. The molecule has 3 aliphatic heterocycles. The van der Waals surface area contributed by atoms with Crippen molar-refractivity contribution in [1.29, 1.82) is 0 Å². The molecule has 123 heavy (non-hydrogen) atoms. The second-order valence-corrected chi connectivity index (χ2v) is 64.2. The number of aromatic nitrogens is 14. The first kappa shape index (κ1) is 105. The Balaban J connectivity index is 0.000000231. The van der Waals surface area contributed by atoms with Gasteiger partial charge in [0.15, 0.2) is 0 Å². The summed E-state index contributed by atoms with van der Waals surface area (Å²) in [5.74, 6) is 2.13. The van der Waals surface area contributed by atoms with E-state index in [9.17, 15) is 9.59 Å². The van der Waals surface area contributed by atoms with Gasteiger partial charge in [0, 0.05) is 69.4 Å². The predicted octanol–water partition coefficient (Wildman–Crippen LogP) is 19.4. The van der Waals surface area contributed by atoms with Crippen molar-refractivity contribution >= 4 is 151 Å². The first-order valence-electron chi connectivity index (χ1n) is 44.2. The summed E-state index contributed by atoms with van der Waals surface area (Å²) in [6.07, 6.45) is 49.8. The quantitative estimate of drug-likeness (QED) is 0.0276. The van der Waals surface area contributed by atoms with Gasteiger partial charge < -0.3 is 59.4 Å². The molecule has 3 atom stereocenters. The molecule has 0 unspecified atom stereocenters. The van der Waals surface area contributed by atoms with E-state index in [2.05, 4.69) is 149 Å². The Bertz CT molecular complexity index is 4790. The SMILES string of the molecule is Brc1cnc2ccccn12.CC(C)(C)OC(=O)N1CCC[C@@H](Nc2cncc(-c3cnc4ccccn34)n2)C1.CC(C)(C)OC(=O)N1CCC[C@@H](Nc2cncc(Cl)n2)C1.CCC[CH2][Sn]([CH2]CCC)([CH2]CCC)[c]1cnc2ccccn12.CCC[CH2][Sn]([Cl])([CH2]CCC)[CH2]CCC.C[CH-]C.[Cl-].[Mg+2].c1ccn2c(-c3cncc(N[C@@H]4CCCNC4)n3)cnc2c1. The average molecular weight is 2030 g/mol. The molecule has 0 spiro atoms. The Morgan fingerprint density at radius 1 is 0.496 bits per heavy atom. The molecule has 3 saturated heterocycles. The molecule has 14 rings (SSSR count). The maximum atomic E-state index is 12.4. The fraction of sp³-hybridized carbons (Fsp3) is 0.533. The smallest absolute Gasteiger partial charge is 1.00 e. The predicted molar refractivity (Wildman–Crippen MR) is 513 cm³/mol. The van der Waals surface area contributed by atoms with Gasteiger partial charge in [-0.25, -0.2) is 39.5 Å². The van der Waals surface area contributed by atoms with Gasteiger partial charge in [-0.15, -0.1) is 0 Å². The molecule has 666 valence electrons. The zero-order valence-corrected chi connectivity index (χ0v) is 86.5. The Labute approximate surface area is 780 Å². The number of halogens is 4. The summed E-state index contributed by atoms with van der Waals surface area (Å²) >= 11 is 4.75. The number of imidazole rings is 4. The van der Waals surface area contributed by atoms with Gasteiger partial charge in [0.05, 0.1) is 67.2 Å². The molecule has 3 aliphatic rings. The van der Waals surface area contributed by atoms with E-state index >= 15 is 0 Å². The zero-order valence-electron chi connectivity index (χ0n) is 75.5. The molecule has 0 radical (unpaired) electrons. The summed E-state index contributed by atoms with van der Waals surface area (Å²) in [4.78, 5) is 71.9. The van der Waals surface area contributed by atoms with Gasteiger partial charge in [-0.05, 0) is 139 Å². The fourth-order valence-corrected chi connectivity index (χ4v) is 44.9. The molecule has 11 aromatic rings. The number of carbonyl (C=O) groups excluding carboxylic acids is 2. The summed E-state index contributed by atoms with van der Waals surface area (Å²) in [7, 11) is 6.89. The maximum Gasteiger partial charge on any atom is 2.00 e. The van der Waals surface area contributed by atoms with Gasteiger partial charge in [0.2, 0.25) is 0 Å². The number of anilines is 3. The Morgan fingerprint density at radius 3 is 1.27 bits per heavy atom. The van der Waals surface area contributed by atoms with Gasteiger partial charge in [0.25, 0.3) is 0 Å². The van der Waals surface area contributed by atoms with Gasteiger partial charge in [-0.1, -0.05) is 29.8 Å². The van der Waals surface area contributed by atoms with Crippen LogP contribution in [-0.2, 0) is 9.47 Å². The van der Waals surface area contributed by atoms with Gasteiger partial charge in [-0.2, -0.15) is 13.8 Å². The van der Waals surface area contributed by atoms with E-state index in [-0.39, 0.29) is 59.7 Å². The summed E-state index contributed by atoms with van der Waals surface area (Å²) in [5.41, 5.74) is 6.32. The van der Waals surface area contributed by atoms with Crippen molar-refractivity contribution in [3.8, 4) is 22.8 Å². The zero-order chi connectivity index (χ0) is 87.1. The number of likely N-dealkylation sites (tertiary alicyclic amines) is 2. The number of hydrogen-bond donors (Lipinski definition) is 4. The van der Waals surface area contributed by atoms with E-state index in [0.29, 0.717) is 49.0 Å². The number of unbranched alkanes of at least 4 members (excludes halogenated alkanes) is 6. The first-order valence-corrected chi connectivity index (χ1v) is 62.5. The number of ether oxygens (including phenoxy) is 2. The third-order valence-electron chi connectivity index (χ3n) is 21.0. The minimum absolute atomic E-state index is 0. The monoisotopic (exact) mass is 2030 g/mol. The Hall–Kier alpha value is -6.39. The molecule has 0 saturated carbocycles. The van der Waals surface area contributed by atoms with Crippen molar-refractivity contribution in [2.75, 3.05) is 55.2 Å². The number of pyridine rings is 4. The summed E-state index contributed by atoms with van der Waals surface area (Å²) in [6, 6.07) is 24.8. The average Bonchev–Trinajstić information content (AvgIpc) is 1.65. The van der Waals surface area contributed by atoms with Crippen LogP contribution in [0.25, 0.3) is 45.4 Å². The van der Waals surface area contributed by atoms with Crippen molar-refractivity contribution in [1.82, 2.24) is 82.6 Å². The number of rotatable bonds is 27. The third kappa shape index (κ3) is 35.3. The molecule has 0 bridgehead atoms. The molecule has 4 N–H and O–H groups in total. The molecule has 3 fully saturated rings. The topological polar surface area (TPSA) is 254 Å². The van der Waals surface area contributed by atoms with E-state index < -0.39 is 46.8 Å². The second kappa shape index (κ2) is 55.4. The molecule has 14 heterocycles. The standard InChI is InChI=1S/C21H26N6O2.C16H18N6.C14H21ClN4O2.C7H5BrN2.C7H5N2.6C4H9.C3H7.2ClH.Mg.2Sn/c1-21(2,3)29-20(28)26-9-6-7-15(14-26)24-18-13-22-11-16(25-18)17-12-23-19-8-4-5-10-27(17)19;1-2-7-22-14(10-19-16(22)5-1)13-9-18-11-15(21-13)20-12-4-3-6-17-8-12;1-14(2,3)21-13(20)19-6-4-5-10(9-19)17-12-8-16-7-11(15)18-12;8-6-5-9-7-3-1-2-4-10(6)7;1-2-5-9-6-4-8-7(9)3-1;6*1-3-4-2;1-3-2;;;;;/h4-5,8,10-13,15H,6-7,9,14H2,1-3H3,(H,24,25);1-2,5,7,9-12,17H,3-4,6,8H2,(H,20,21);7-8,10H,4-6,9H2,1-3H3,(H,17,18);1-5H;1-5H;6*1,3-4H2,2H3;3H,1-2H3;2*1H;;;/q;;;;;;;;;;;-1;;;+2;;+1/p-2/t15-;12-;10-;;;;;;;;;;;;;;/m111............../s1. The van der Waals surface area contributed by atoms with E-state index in [4.69, 9.17) is 44.9 Å². The van der Waals surface area contributed by atoms with Crippen LogP contribution in [0.2, 0.25) is 31.8 Å². The fourth-order valence-electron chi connectivity index (χ4n) is 14.9. The van der Waals surface area contributed by atoms with Crippen LogP contribution >= 0.6 is 36.5 Å².